The predicted molar refractivity (Wildman–Crippen MR) is 111 cm³/mol. The van der Waals surface area contributed by atoms with Gasteiger partial charge in [0.1, 0.15) is 6.04 Å². The highest BCUT2D eigenvalue weighted by molar-refractivity contribution is 6.05. The number of carbonyl (C=O) groups is 3. The van der Waals surface area contributed by atoms with E-state index in [0.717, 1.165) is 51.4 Å². The highest BCUT2D eigenvalue weighted by atomic mass is 16.2. The van der Waals surface area contributed by atoms with E-state index < -0.39 is 6.04 Å². The molecule has 0 radical (unpaired) electrons. The summed E-state index contributed by atoms with van der Waals surface area (Å²) in [6.07, 6.45) is 1.92. The number of carbonyl (C=O) groups excluding carboxylic acids is 3. The quantitative estimate of drug-likeness (QED) is 0.675. The van der Waals surface area contributed by atoms with Crippen molar-refractivity contribution in [1.82, 2.24) is 25.3 Å². The molecule has 2 atom stereocenters. The summed E-state index contributed by atoms with van der Waals surface area (Å²) < 4.78 is 0. The number of piperazine rings is 1. The number of fused-ring (bicyclic) bond motifs is 1. The number of amides is 3. The molecule has 3 saturated heterocycles. The molecule has 0 aromatic heterocycles. The SMILES string of the molecule is O=C1CCC(N2Cc3c(CN4CCN([C@@H]5CCNC5)CC4)cccc3C2=O)C(=O)N1. The van der Waals surface area contributed by atoms with Gasteiger partial charge in [0.15, 0.2) is 0 Å². The second-order valence-corrected chi connectivity index (χ2v) is 8.80. The number of piperidine rings is 1. The summed E-state index contributed by atoms with van der Waals surface area (Å²) >= 11 is 0. The summed E-state index contributed by atoms with van der Waals surface area (Å²) in [6, 6.07) is 6.03. The van der Waals surface area contributed by atoms with Crippen LogP contribution in [0.5, 0.6) is 0 Å². The van der Waals surface area contributed by atoms with Crippen molar-refractivity contribution in [3.63, 3.8) is 0 Å². The Kier molecular flexibility index (Phi) is 5.30. The zero-order valence-corrected chi connectivity index (χ0v) is 17.2. The monoisotopic (exact) mass is 411 g/mol. The molecule has 1 aromatic rings. The standard InChI is InChI=1S/C22H29N5O3/c28-20-5-4-19(21(29)24-20)27-14-18-15(2-1-3-17(18)22(27)30)13-25-8-10-26(11-9-25)16-6-7-23-12-16/h1-3,16,19,23H,4-14H2,(H,24,28,29)/t16-,19?/m1/s1. The lowest BCUT2D eigenvalue weighted by atomic mass is 10.0. The molecule has 8 nitrogen and oxygen atoms in total. The van der Waals surface area contributed by atoms with Crippen molar-refractivity contribution in [3.8, 4) is 0 Å². The van der Waals surface area contributed by atoms with E-state index in [4.69, 9.17) is 0 Å². The first-order valence-corrected chi connectivity index (χ1v) is 11.0. The maximum Gasteiger partial charge on any atom is 0.255 e. The smallest absolute Gasteiger partial charge is 0.255 e. The molecule has 8 heteroatoms. The minimum Gasteiger partial charge on any atom is -0.322 e. The second-order valence-electron chi connectivity index (χ2n) is 8.80. The molecule has 3 fully saturated rings. The zero-order valence-electron chi connectivity index (χ0n) is 17.2. The highest BCUT2D eigenvalue weighted by Crippen LogP contribution is 2.30. The van der Waals surface area contributed by atoms with E-state index in [-0.39, 0.29) is 24.1 Å². The number of benzene rings is 1. The van der Waals surface area contributed by atoms with Crippen LogP contribution in [0.25, 0.3) is 0 Å². The van der Waals surface area contributed by atoms with E-state index in [2.05, 4.69) is 26.5 Å². The van der Waals surface area contributed by atoms with Crippen LogP contribution in [-0.4, -0.2) is 83.8 Å². The Bertz CT molecular complexity index is 858. The maximum atomic E-state index is 13.0. The van der Waals surface area contributed by atoms with Gasteiger partial charge < -0.3 is 10.2 Å². The molecule has 0 aliphatic carbocycles. The normalized spacial score (nSPS) is 28.1. The average Bonchev–Trinajstić information content (AvgIpc) is 3.39. The van der Waals surface area contributed by atoms with Gasteiger partial charge in [-0.15, -0.1) is 0 Å². The van der Waals surface area contributed by atoms with E-state index in [0.29, 0.717) is 24.6 Å². The van der Waals surface area contributed by atoms with Gasteiger partial charge in [0.05, 0.1) is 0 Å². The summed E-state index contributed by atoms with van der Waals surface area (Å²) in [5.74, 6) is -0.708. The molecule has 0 bridgehead atoms. The van der Waals surface area contributed by atoms with Crippen LogP contribution < -0.4 is 10.6 Å². The van der Waals surface area contributed by atoms with E-state index >= 15 is 0 Å². The fourth-order valence-corrected chi connectivity index (χ4v) is 5.28. The Morgan fingerprint density at radius 3 is 2.60 bits per heavy atom. The van der Waals surface area contributed by atoms with Gasteiger partial charge >= 0.3 is 0 Å². The topological polar surface area (TPSA) is 85.0 Å². The molecule has 4 heterocycles. The van der Waals surface area contributed by atoms with Crippen LogP contribution in [0.2, 0.25) is 0 Å². The molecule has 0 spiro atoms. The molecule has 3 amide bonds. The summed E-state index contributed by atoms with van der Waals surface area (Å²) in [5, 5.41) is 5.82. The molecule has 5 rings (SSSR count). The van der Waals surface area contributed by atoms with Crippen molar-refractivity contribution >= 4 is 17.7 Å². The Hall–Kier alpha value is -2.29. The van der Waals surface area contributed by atoms with Crippen LogP contribution in [0.1, 0.15) is 40.7 Å². The van der Waals surface area contributed by atoms with Gasteiger partial charge in [-0.05, 0) is 36.6 Å². The van der Waals surface area contributed by atoms with E-state index in [9.17, 15) is 14.4 Å². The molecule has 1 unspecified atom stereocenters. The number of nitrogens with one attached hydrogen (secondary N) is 2. The van der Waals surface area contributed by atoms with Gasteiger partial charge in [0.25, 0.3) is 5.91 Å². The Labute approximate surface area is 176 Å². The minimum absolute atomic E-state index is 0.0973. The predicted octanol–water partition coefficient (Wildman–Crippen LogP) is -0.0729. The van der Waals surface area contributed by atoms with Gasteiger partial charge in [-0.25, -0.2) is 0 Å². The molecule has 1 aromatic carbocycles. The van der Waals surface area contributed by atoms with Crippen LogP contribution in [-0.2, 0) is 22.7 Å². The minimum atomic E-state index is -0.556. The van der Waals surface area contributed by atoms with Crippen LogP contribution in [0.4, 0.5) is 0 Å². The van der Waals surface area contributed by atoms with E-state index in [1.165, 1.54) is 12.0 Å². The fourth-order valence-electron chi connectivity index (χ4n) is 5.28. The Balaban J connectivity index is 1.26. The van der Waals surface area contributed by atoms with Crippen molar-refractivity contribution in [2.45, 2.75) is 44.4 Å². The molecular weight excluding hydrogens is 382 g/mol. The molecule has 4 aliphatic rings. The van der Waals surface area contributed by atoms with Crippen molar-refractivity contribution in [1.29, 1.82) is 0 Å². The molecule has 2 N–H and O–H groups in total. The third-order valence-corrected chi connectivity index (χ3v) is 7.03. The van der Waals surface area contributed by atoms with Crippen molar-refractivity contribution < 1.29 is 14.4 Å². The van der Waals surface area contributed by atoms with Crippen LogP contribution in [0.3, 0.4) is 0 Å². The first-order valence-electron chi connectivity index (χ1n) is 11.0. The fraction of sp³-hybridized carbons (Fsp3) is 0.591. The van der Waals surface area contributed by atoms with Gasteiger partial charge in [0, 0.05) is 63.8 Å². The average molecular weight is 412 g/mol. The van der Waals surface area contributed by atoms with Gasteiger partial charge in [0.2, 0.25) is 11.8 Å². The van der Waals surface area contributed by atoms with E-state index in [1.807, 2.05) is 12.1 Å². The highest BCUT2D eigenvalue weighted by Gasteiger charge is 2.40. The third-order valence-electron chi connectivity index (χ3n) is 7.03. The summed E-state index contributed by atoms with van der Waals surface area (Å²) in [7, 11) is 0. The summed E-state index contributed by atoms with van der Waals surface area (Å²) in [4.78, 5) is 43.5. The van der Waals surface area contributed by atoms with Crippen molar-refractivity contribution in [3.05, 3.63) is 34.9 Å². The lowest BCUT2D eigenvalue weighted by molar-refractivity contribution is -0.136. The third kappa shape index (κ3) is 3.64. The summed E-state index contributed by atoms with van der Waals surface area (Å²) in [5.41, 5.74) is 2.91. The van der Waals surface area contributed by atoms with Crippen LogP contribution in [0, 0.1) is 0 Å². The molecular formula is C22H29N5O3. The van der Waals surface area contributed by atoms with E-state index in [1.54, 1.807) is 4.90 Å². The number of imide groups is 1. The number of nitrogens with zero attached hydrogens (tertiary/aromatic N) is 3. The number of hydrogen-bond acceptors (Lipinski definition) is 6. The van der Waals surface area contributed by atoms with Crippen LogP contribution in [0.15, 0.2) is 18.2 Å². The number of hydrogen-bond donors (Lipinski definition) is 2. The van der Waals surface area contributed by atoms with Crippen LogP contribution >= 0.6 is 0 Å². The summed E-state index contributed by atoms with van der Waals surface area (Å²) in [6.45, 7) is 7.74. The van der Waals surface area contributed by atoms with Gasteiger partial charge in [-0.3, -0.25) is 29.5 Å². The van der Waals surface area contributed by atoms with Gasteiger partial charge in [-0.1, -0.05) is 12.1 Å². The largest absolute Gasteiger partial charge is 0.322 e. The first kappa shape index (κ1) is 19.7. The molecule has 30 heavy (non-hydrogen) atoms. The van der Waals surface area contributed by atoms with Gasteiger partial charge in [-0.2, -0.15) is 0 Å². The molecule has 0 saturated carbocycles. The zero-order chi connectivity index (χ0) is 20.7. The molecule has 160 valence electrons. The molecule has 4 aliphatic heterocycles. The Morgan fingerprint density at radius 2 is 1.87 bits per heavy atom. The number of rotatable bonds is 4. The lowest BCUT2D eigenvalue weighted by Crippen LogP contribution is -2.52. The first-order chi connectivity index (χ1) is 14.6. The second kappa shape index (κ2) is 8.09. The Morgan fingerprint density at radius 1 is 1.03 bits per heavy atom. The van der Waals surface area contributed by atoms with Crippen molar-refractivity contribution in [2.24, 2.45) is 0 Å². The van der Waals surface area contributed by atoms with Crippen molar-refractivity contribution in [2.75, 3.05) is 39.3 Å². The maximum absolute atomic E-state index is 13.0. The lowest BCUT2D eigenvalue weighted by Gasteiger charge is -2.38.